The number of nitrogens with two attached hydrogens (primary N) is 1. The van der Waals surface area contributed by atoms with Crippen molar-refractivity contribution in [1.29, 1.82) is 0 Å². The Kier molecular flexibility index (Phi) is 3.19. The number of nitrogens with zero attached hydrogens (tertiary/aromatic N) is 2. The van der Waals surface area contributed by atoms with E-state index in [0.717, 1.165) is 13.0 Å². The maximum Gasteiger partial charge on any atom is 0.259 e. The second-order valence-corrected chi connectivity index (χ2v) is 5.01. The fraction of sp³-hybridized carbons (Fsp3) is 0.667. The van der Waals surface area contributed by atoms with E-state index in [1.165, 1.54) is 0 Å². The Morgan fingerprint density at radius 2 is 2.18 bits per heavy atom. The Morgan fingerprint density at radius 1 is 1.47 bits per heavy atom. The minimum atomic E-state index is -0.0109. The fourth-order valence-corrected chi connectivity index (χ4v) is 2.51. The summed E-state index contributed by atoms with van der Waals surface area (Å²) in [6, 6.07) is 0.0724. The molecule has 1 aromatic heterocycles. The van der Waals surface area contributed by atoms with Crippen molar-refractivity contribution in [3.63, 3.8) is 0 Å². The van der Waals surface area contributed by atoms with E-state index in [4.69, 9.17) is 10.3 Å². The first-order valence-corrected chi connectivity index (χ1v) is 5.96. The van der Waals surface area contributed by atoms with E-state index in [9.17, 15) is 4.79 Å². The highest BCUT2D eigenvalue weighted by Crippen LogP contribution is 2.20. The Balaban J connectivity index is 2.20. The molecule has 5 nitrogen and oxygen atoms in total. The van der Waals surface area contributed by atoms with Crippen LogP contribution in [0, 0.1) is 19.8 Å². The summed E-state index contributed by atoms with van der Waals surface area (Å²) in [5.74, 6) is 1.02. The molecule has 0 aromatic carbocycles. The molecule has 94 valence electrons. The predicted octanol–water partition coefficient (Wildman–Crippen LogP) is 1.10. The first-order valence-electron chi connectivity index (χ1n) is 5.96. The largest absolute Gasteiger partial charge is 0.361 e. The van der Waals surface area contributed by atoms with Crippen molar-refractivity contribution >= 4 is 5.91 Å². The lowest BCUT2D eigenvalue weighted by atomic mass is 9.96. The van der Waals surface area contributed by atoms with Crippen LogP contribution in [0.1, 0.15) is 35.2 Å². The average molecular weight is 237 g/mol. The summed E-state index contributed by atoms with van der Waals surface area (Å²) in [5, 5.41) is 3.82. The van der Waals surface area contributed by atoms with E-state index in [1.54, 1.807) is 13.8 Å². The summed E-state index contributed by atoms with van der Waals surface area (Å²) in [4.78, 5) is 14.2. The van der Waals surface area contributed by atoms with Gasteiger partial charge in [-0.1, -0.05) is 12.1 Å². The molecule has 2 atom stereocenters. The van der Waals surface area contributed by atoms with Gasteiger partial charge in [0.05, 0.1) is 5.69 Å². The Morgan fingerprint density at radius 3 is 2.71 bits per heavy atom. The fourth-order valence-electron chi connectivity index (χ4n) is 2.51. The second kappa shape index (κ2) is 4.49. The number of likely N-dealkylation sites (tertiary alicyclic amines) is 1. The van der Waals surface area contributed by atoms with Crippen LogP contribution in [0.4, 0.5) is 0 Å². The standard InChI is InChI=1S/C12H19N3O2/c1-7-4-10(13)6-15(5-7)12(16)11-8(2)14-17-9(11)3/h7,10H,4-6,13H2,1-3H3. The quantitative estimate of drug-likeness (QED) is 0.794. The van der Waals surface area contributed by atoms with Crippen LogP contribution in [0.15, 0.2) is 4.52 Å². The highest BCUT2D eigenvalue weighted by atomic mass is 16.5. The smallest absolute Gasteiger partial charge is 0.259 e. The van der Waals surface area contributed by atoms with Crippen LogP contribution in [-0.4, -0.2) is 35.1 Å². The van der Waals surface area contributed by atoms with Crippen LogP contribution in [-0.2, 0) is 0 Å². The average Bonchev–Trinajstić information content (AvgIpc) is 2.56. The number of rotatable bonds is 1. The summed E-state index contributed by atoms with van der Waals surface area (Å²) in [7, 11) is 0. The minimum absolute atomic E-state index is 0.0109. The van der Waals surface area contributed by atoms with Gasteiger partial charge < -0.3 is 15.2 Å². The molecule has 0 spiro atoms. The van der Waals surface area contributed by atoms with Gasteiger partial charge in [-0.2, -0.15) is 0 Å². The SMILES string of the molecule is Cc1noc(C)c1C(=O)N1CC(C)CC(N)C1. The number of carbonyl (C=O) groups excluding carboxylic acids is 1. The van der Waals surface area contributed by atoms with Crippen LogP contribution in [0.5, 0.6) is 0 Å². The molecule has 1 aromatic rings. The topological polar surface area (TPSA) is 72.4 Å². The first-order chi connectivity index (χ1) is 7.99. The lowest BCUT2D eigenvalue weighted by Gasteiger charge is -2.34. The van der Waals surface area contributed by atoms with Gasteiger partial charge >= 0.3 is 0 Å². The van der Waals surface area contributed by atoms with E-state index < -0.39 is 0 Å². The summed E-state index contributed by atoms with van der Waals surface area (Å²) < 4.78 is 5.03. The molecule has 2 heterocycles. The minimum Gasteiger partial charge on any atom is -0.361 e. The molecule has 5 heteroatoms. The zero-order valence-corrected chi connectivity index (χ0v) is 10.6. The molecule has 0 bridgehead atoms. The zero-order valence-electron chi connectivity index (χ0n) is 10.6. The predicted molar refractivity (Wildman–Crippen MR) is 63.6 cm³/mol. The normalized spacial score (nSPS) is 25.1. The molecular weight excluding hydrogens is 218 g/mol. The molecule has 0 saturated carbocycles. The van der Waals surface area contributed by atoms with Crippen LogP contribution in [0.3, 0.4) is 0 Å². The number of aromatic nitrogens is 1. The van der Waals surface area contributed by atoms with Gasteiger partial charge in [0, 0.05) is 19.1 Å². The van der Waals surface area contributed by atoms with Crippen LogP contribution in [0.25, 0.3) is 0 Å². The molecule has 2 unspecified atom stereocenters. The molecule has 1 fully saturated rings. The highest BCUT2D eigenvalue weighted by molar-refractivity contribution is 5.96. The molecular formula is C12H19N3O2. The van der Waals surface area contributed by atoms with Gasteiger partial charge in [0.25, 0.3) is 5.91 Å². The number of carbonyl (C=O) groups is 1. The van der Waals surface area contributed by atoms with Crippen molar-refractivity contribution in [2.24, 2.45) is 11.7 Å². The maximum atomic E-state index is 12.4. The van der Waals surface area contributed by atoms with Crippen molar-refractivity contribution in [2.75, 3.05) is 13.1 Å². The molecule has 0 aliphatic carbocycles. The lowest BCUT2D eigenvalue weighted by Crippen LogP contribution is -2.49. The van der Waals surface area contributed by atoms with Crippen LogP contribution in [0.2, 0.25) is 0 Å². The third-order valence-electron chi connectivity index (χ3n) is 3.23. The Labute approximate surface area is 101 Å². The highest BCUT2D eigenvalue weighted by Gasteiger charge is 2.29. The van der Waals surface area contributed by atoms with E-state index in [-0.39, 0.29) is 11.9 Å². The van der Waals surface area contributed by atoms with Crippen LogP contribution < -0.4 is 5.73 Å². The molecule has 0 radical (unpaired) electrons. The molecule has 2 N–H and O–H groups in total. The van der Waals surface area contributed by atoms with E-state index in [1.807, 2.05) is 4.90 Å². The molecule has 1 amide bonds. The summed E-state index contributed by atoms with van der Waals surface area (Å²) in [6.07, 6.45) is 0.978. The van der Waals surface area contributed by atoms with Gasteiger partial charge in [-0.25, -0.2) is 0 Å². The molecule has 1 aliphatic rings. The van der Waals surface area contributed by atoms with Crippen LogP contribution >= 0.6 is 0 Å². The van der Waals surface area contributed by atoms with Crippen molar-refractivity contribution in [2.45, 2.75) is 33.2 Å². The lowest BCUT2D eigenvalue weighted by molar-refractivity contribution is 0.0658. The van der Waals surface area contributed by atoms with Gasteiger partial charge in [-0.05, 0) is 26.2 Å². The number of amides is 1. The molecule has 17 heavy (non-hydrogen) atoms. The summed E-state index contributed by atoms with van der Waals surface area (Å²) >= 11 is 0. The molecule has 1 saturated heterocycles. The maximum absolute atomic E-state index is 12.4. The zero-order chi connectivity index (χ0) is 12.6. The number of hydrogen-bond donors (Lipinski definition) is 1. The van der Waals surface area contributed by atoms with Gasteiger partial charge in [0.2, 0.25) is 0 Å². The van der Waals surface area contributed by atoms with Crippen molar-refractivity contribution < 1.29 is 9.32 Å². The Hall–Kier alpha value is -1.36. The van der Waals surface area contributed by atoms with E-state index in [2.05, 4.69) is 12.1 Å². The van der Waals surface area contributed by atoms with Gasteiger partial charge in [0.15, 0.2) is 0 Å². The second-order valence-electron chi connectivity index (χ2n) is 5.01. The molecule has 1 aliphatic heterocycles. The van der Waals surface area contributed by atoms with Gasteiger partial charge in [-0.15, -0.1) is 0 Å². The van der Waals surface area contributed by atoms with Crippen molar-refractivity contribution in [3.05, 3.63) is 17.0 Å². The third kappa shape index (κ3) is 2.34. The number of hydrogen-bond acceptors (Lipinski definition) is 4. The Bertz CT molecular complexity index is 398. The van der Waals surface area contributed by atoms with Gasteiger partial charge in [-0.3, -0.25) is 4.79 Å². The number of piperidine rings is 1. The van der Waals surface area contributed by atoms with Crippen molar-refractivity contribution in [3.8, 4) is 0 Å². The molecule has 2 rings (SSSR count). The van der Waals surface area contributed by atoms with E-state index >= 15 is 0 Å². The first kappa shape index (κ1) is 12.1. The van der Waals surface area contributed by atoms with Crippen molar-refractivity contribution in [1.82, 2.24) is 10.1 Å². The van der Waals surface area contributed by atoms with Gasteiger partial charge in [0.1, 0.15) is 11.3 Å². The monoisotopic (exact) mass is 237 g/mol. The third-order valence-corrected chi connectivity index (χ3v) is 3.23. The van der Waals surface area contributed by atoms with E-state index in [0.29, 0.717) is 29.5 Å². The summed E-state index contributed by atoms with van der Waals surface area (Å²) in [6.45, 7) is 7.05. The summed E-state index contributed by atoms with van der Waals surface area (Å²) in [5.41, 5.74) is 7.19. The number of aryl methyl sites for hydroxylation is 2.